The first kappa shape index (κ1) is 14.5. The van der Waals surface area contributed by atoms with Crippen molar-refractivity contribution in [1.82, 2.24) is 4.90 Å². The minimum absolute atomic E-state index is 0.00153. The van der Waals surface area contributed by atoms with Gasteiger partial charge in [-0.25, -0.2) is 0 Å². The van der Waals surface area contributed by atoms with Gasteiger partial charge in [0.1, 0.15) is 6.04 Å². The monoisotopic (exact) mass is 264 g/mol. The highest BCUT2D eigenvalue weighted by Crippen LogP contribution is 2.21. The van der Waals surface area contributed by atoms with Crippen LogP contribution in [-0.4, -0.2) is 17.9 Å². The predicted molar refractivity (Wildman–Crippen MR) is 72.1 cm³/mol. The Kier molecular flexibility index (Phi) is 5.67. The SMILES string of the molecule is CCCCC(=O)N(C)C(C#N)c1ccc(Cl)cc1. The van der Waals surface area contributed by atoms with Crippen LogP contribution in [0.1, 0.15) is 37.8 Å². The fourth-order valence-corrected chi connectivity index (χ4v) is 1.80. The summed E-state index contributed by atoms with van der Waals surface area (Å²) in [5, 5.41) is 9.84. The second kappa shape index (κ2) is 7.03. The first-order valence-electron chi connectivity index (χ1n) is 6.01. The molecule has 1 aromatic carbocycles. The molecule has 0 aliphatic heterocycles. The summed E-state index contributed by atoms with van der Waals surface area (Å²) in [7, 11) is 1.67. The third-order valence-corrected chi connectivity index (χ3v) is 3.08. The number of rotatable bonds is 5. The minimum atomic E-state index is -0.549. The first-order valence-corrected chi connectivity index (χ1v) is 6.38. The second-order valence-electron chi connectivity index (χ2n) is 4.19. The van der Waals surface area contributed by atoms with Gasteiger partial charge in [0.2, 0.25) is 5.91 Å². The van der Waals surface area contributed by atoms with E-state index in [2.05, 4.69) is 6.07 Å². The van der Waals surface area contributed by atoms with Crippen molar-refractivity contribution in [2.45, 2.75) is 32.2 Å². The van der Waals surface area contributed by atoms with E-state index in [1.54, 1.807) is 31.3 Å². The van der Waals surface area contributed by atoms with Gasteiger partial charge >= 0.3 is 0 Å². The van der Waals surface area contributed by atoms with Gasteiger partial charge in [0.15, 0.2) is 0 Å². The molecule has 18 heavy (non-hydrogen) atoms. The third-order valence-electron chi connectivity index (χ3n) is 2.83. The molecule has 1 amide bonds. The van der Waals surface area contributed by atoms with Crippen LogP contribution in [0.15, 0.2) is 24.3 Å². The lowest BCUT2D eigenvalue weighted by Gasteiger charge is -2.23. The lowest BCUT2D eigenvalue weighted by Crippen LogP contribution is -2.30. The second-order valence-corrected chi connectivity index (χ2v) is 4.63. The van der Waals surface area contributed by atoms with E-state index in [0.717, 1.165) is 18.4 Å². The van der Waals surface area contributed by atoms with Gasteiger partial charge in [-0.1, -0.05) is 37.1 Å². The highest BCUT2D eigenvalue weighted by atomic mass is 35.5. The first-order chi connectivity index (χ1) is 8.60. The minimum Gasteiger partial charge on any atom is -0.326 e. The van der Waals surface area contributed by atoms with Crippen LogP contribution in [0.5, 0.6) is 0 Å². The van der Waals surface area contributed by atoms with Gasteiger partial charge in [0.25, 0.3) is 0 Å². The van der Waals surface area contributed by atoms with Crippen molar-refractivity contribution in [3.8, 4) is 6.07 Å². The average Bonchev–Trinajstić information content (AvgIpc) is 2.38. The van der Waals surface area contributed by atoms with E-state index < -0.39 is 6.04 Å². The Bertz CT molecular complexity index is 436. The van der Waals surface area contributed by atoms with Crippen LogP contribution in [0.3, 0.4) is 0 Å². The summed E-state index contributed by atoms with van der Waals surface area (Å²) < 4.78 is 0. The molecule has 0 aliphatic carbocycles. The summed E-state index contributed by atoms with van der Waals surface area (Å²) in [6.45, 7) is 2.04. The molecule has 96 valence electrons. The summed E-state index contributed by atoms with van der Waals surface area (Å²) >= 11 is 5.81. The van der Waals surface area contributed by atoms with Gasteiger partial charge < -0.3 is 4.90 Å². The smallest absolute Gasteiger partial charge is 0.223 e. The predicted octanol–water partition coefficient (Wildman–Crippen LogP) is 3.55. The van der Waals surface area contributed by atoms with Crippen molar-refractivity contribution in [2.24, 2.45) is 0 Å². The Labute approximate surface area is 113 Å². The summed E-state index contributed by atoms with van der Waals surface area (Å²) in [5.41, 5.74) is 0.786. The molecule has 4 heteroatoms. The van der Waals surface area contributed by atoms with Crippen molar-refractivity contribution in [1.29, 1.82) is 5.26 Å². The molecule has 0 N–H and O–H groups in total. The number of benzene rings is 1. The largest absolute Gasteiger partial charge is 0.326 e. The topological polar surface area (TPSA) is 44.1 Å². The van der Waals surface area contributed by atoms with E-state index in [9.17, 15) is 10.1 Å². The third kappa shape index (κ3) is 3.75. The molecule has 1 atom stereocenters. The number of nitriles is 1. The van der Waals surface area contributed by atoms with E-state index in [0.29, 0.717) is 11.4 Å². The van der Waals surface area contributed by atoms with Crippen LogP contribution in [0, 0.1) is 11.3 Å². The lowest BCUT2D eigenvalue weighted by molar-refractivity contribution is -0.131. The number of hydrogen-bond donors (Lipinski definition) is 0. The Balaban J connectivity index is 2.80. The highest BCUT2D eigenvalue weighted by molar-refractivity contribution is 6.30. The number of unbranched alkanes of at least 4 members (excludes halogenated alkanes) is 1. The molecule has 0 aliphatic rings. The molecule has 0 saturated heterocycles. The Hall–Kier alpha value is -1.53. The summed E-state index contributed by atoms with van der Waals surface area (Å²) in [4.78, 5) is 13.4. The standard InChI is InChI=1S/C14H17ClN2O/c1-3-4-5-14(18)17(2)13(10-16)11-6-8-12(15)9-7-11/h6-9,13H,3-5H2,1-2H3. The molecule has 0 bridgehead atoms. The molecule has 0 heterocycles. The number of carbonyl (C=O) groups excluding carboxylic acids is 1. The van der Waals surface area contributed by atoms with Crippen LogP contribution in [0.4, 0.5) is 0 Å². The van der Waals surface area contributed by atoms with Gasteiger partial charge in [-0.2, -0.15) is 5.26 Å². The van der Waals surface area contributed by atoms with Gasteiger partial charge in [-0.05, 0) is 24.1 Å². The van der Waals surface area contributed by atoms with Crippen LogP contribution in [0.25, 0.3) is 0 Å². The molecule has 0 saturated carbocycles. The Morgan fingerprint density at radius 3 is 2.56 bits per heavy atom. The van der Waals surface area contributed by atoms with Crippen LogP contribution in [0.2, 0.25) is 5.02 Å². The maximum Gasteiger partial charge on any atom is 0.223 e. The highest BCUT2D eigenvalue weighted by Gasteiger charge is 2.20. The molecular weight excluding hydrogens is 248 g/mol. The zero-order valence-electron chi connectivity index (χ0n) is 10.7. The van der Waals surface area contributed by atoms with Crippen molar-refractivity contribution in [3.63, 3.8) is 0 Å². The lowest BCUT2D eigenvalue weighted by atomic mass is 10.1. The van der Waals surface area contributed by atoms with E-state index in [1.807, 2.05) is 6.92 Å². The van der Waals surface area contributed by atoms with Gasteiger partial charge in [-0.3, -0.25) is 4.79 Å². The van der Waals surface area contributed by atoms with Crippen LogP contribution >= 0.6 is 11.6 Å². The number of hydrogen-bond acceptors (Lipinski definition) is 2. The van der Waals surface area contributed by atoms with Crippen molar-refractivity contribution in [3.05, 3.63) is 34.9 Å². The summed E-state index contributed by atoms with van der Waals surface area (Å²) in [6.07, 6.45) is 2.30. The molecule has 0 spiro atoms. The maximum atomic E-state index is 11.9. The fraction of sp³-hybridized carbons (Fsp3) is 0.429. The summed E-state index contributed by atoms with van der Waals surface area (Å²) in [6, 6.07) is 8.62. The van der Waals surface area contributed by atoms with E-state index >= 15 is 0 Å². The molecule has 1 aromatic rings. The molecule has 0 aromatic heterocycles. The molecule has 0 radical (unpaired) electrons. The van der Waals surface area contributed by atoms with E-state index in [1.165, 1.54) is 4.90 Å². The zero-order valence-corrected chi connectivity index (χ0v) is 11.4. The molecule has 3 nitrogen and oxygen atoms in total. The molecule has 1 unspecified atom stereocenters. The Morgan fingerprint density at radius 2 is 2.06 bits per heavy atom. The van der Waals surface area contributed by atoms with Gasteiger partial charge in [0.05, 0.1) is 6.07 Å². The fourth-order valence-electron chi connectivity index (χ4n) is 1.68. The van der Waals surface area contributed by atoms with Crippen LogP contribution in [-0.2, 0) is 4.79 Å². The Morgan fingerprint density at radius 1 is 1.44 bits per heavy atom. The van der Waals surface area contributed by atoms with E-state index in [4.69, 9.17) is 11.6 Å². The van der Waals surface area contributed by atoms with E-state index in [-0.39, 0.29) is 5.91 Å². The number of amides is 1. The normalized spacial score (nSPS) is 11.7. The van der Waals surface area contributed by atoms with Crippen LogP contribution < -0.4 is 0 Å². The molecule has 1 rings (SSSR count). The van der Waals surface area contributed by atoms with Gasteiger partial charge in [0, 0.05) is 18.5 Å². The average molecular weight is 265 g/mol. The number of nitrogens with zero attached hydrogens (tertiary/aromatic N) is 2. The van der Waals surface area contributed by atoms with Crippen molar-refractivity contribution in [2.75, 3.05) is 7.05 Å². The quantitative estimate of drug-likeness (QED) is 0.816. The zero-order chi connectivity index (χ0) is 13.5. The summed E-state index contributed by atoms with van der Waals surface area (Å²) in [5.74, 6) is -0.00153. The molecular formula is C14H17ClN2O. The molecule has 0 fully saturated rings. The maximum absolute atomic E-state index is 11.9. The number of carbonyl (C=O) groups is 1. The van der Waals surface area contributed by atoms with Crippen molar-refractivity contribution >= 4 is 17.5 Å². The van der Waals surface area contributed by atoms with Gasteiger partial charge in [-0.15, -0.1) is 0 Å². The van der Waals surface area contributed by atoms with Crippen molar-refractivity contribution < 1.29 is 4.79 Å². The number of halogens is 1.